The van der Waals surface area contributed by atoms with E-state index in [4.69, 9.17) is 0 Å². The van der Waals surface area contributed by atoms with Gasteiger partial charge in [0.25, 0.3) is 5.91 Å². The standard InChI is InChI=1S/C17H20BrN3OS/c1-10-8-14(18)11(2)7-13(10)16(22)21-17-20-9-15(23-17)12-3-5-19-6-4-12/h7-9,12,19H,3-6H2,1-2H3,(H,20,21,22). The number of piperidine rings is 1. The molecule has 0 aliphatic carbocycles. The highest BCUT2D eigenvalue weighted by molar-refractivity contribution is 9.10. The fraction of sp³-hybridized carbons (Fsp3) is 0.412. The molecule has 3 rings (SSSR count). The zero-order valence-corrected chi connectivity index (χ0v) is 15.7. The maximum atomic E-state index is 12.5. The van der Waals surface area contributed by atoms with Gasteiger partial charge in [-0.25, -0.2) is 4.98 Å². The first-order valence-electron chi connectivity index (χ1n) is 7.79. The Morgan fingerprint density at radius 1 is 1.30 bits per heavy atom. The number of anilines is 1. The predicted octanol–water partition coefficient (Wildman–Crippen LogP) is 4.24. The van der Waals surface area contributed by atoms with Crippen LogP contribution in [0.5, 0.6) is 0 Å². The van der Waals surface area contributed by atoms with E-state index in [0.29, 0.717) is 16.6 Å². The van der Waals surface area contributed by atoms with Crippen LogP contribution in [0.1, 0.15) is 45.1 Å². The molecule has 6 heteroatoms. The highest BCUT2D eigenvalue weighted by Gasteiger charge is 2.19. The molecule has 122 valence electrons. The summed E-state index contributed by atoms with van der Waals surface area (Å²) in [7, 11) is 0. The van der Waals surface area contributed by atoms with Gasteiger partial charge in [0.1, 0.15) is 0 Å². The first-order valence-corrected chi connectivity index (χ1v) is 9.40. The third-order valence-corrected chi connectivity index (χ3v) is 6.17. The Kier molecular flexibility index (Phi) is 5.14. The third kappa shape index (κ3) is 3.82. The first kappa shape index (κ1) is 16.6. The molecule has 2 aromatic rings. The monoisotopic (exact) mass is 393 g/mol. The number of hydrogen-bond donors (Lipinski definition) is 2. The van der Waals surface area contributed by atoms with Gasteiger partial charge in [0.2, 0.25) is 0 Å². The van der Waals surface area contributed by atoms with Crippen LogP contribution in [0, 0.1) is 13.8 Å². The van der Waals surface area contributed by atoms with E-state index in [0.717, 1.165) is 41.5 Å². The Balaban J connectivity index is 1.73. The number of carbonyl (C=O) groups excluding carboxylic acids is 1. The van der Waals surface area contributed by atoms with Crippen molar-refractivity contribution in [3.63, 3.8) is 0 Å². The van der Waals surface area contributed by atoms with Crippen LogP contribution in [0.25, 0.3) is 0 Å². The van der Waals surface area contributed by atoms with Crippen molar-refractivity contribution >= 4 is 38.3 Å². The van der Waals surface area contributed by atoms with Crippen LogP contribution in [-0.2, 0) is 0 Å². The molecule has 1 aliphatic rings. The molecule has 1 amide bonds. The van der Waals surface area contributed by atoms with Crippen molar-refractivity contribution in [1.29, 1.82) is 0 Å². The molecular formula is C17H20BrN3OS. The second-order valence-corrected chi connectivity index (χ2v) is 7.88. The van der Waals surface area contributed by atoms with E-state index in [9.17, 15) is 4.79 Å². The lowest BCUT2D eigenvalue weighted by atomic mass is 9.97. The second-order valence-electron chi connectivity index (χ2n) is 5.96. The molecule has 1 aromatic carbocycles. The second kappa shape index (κ2) is 7.11. The number of amides is 1. The molecule has 23 heavy (non-hydrogen) atoms. The van der Waals surface area contributed by atoms with E-state index in [1.165, 1.54) is 4.88 Å². The molecule has 0 atom stereocenters. The van der Waals surface area contributed by atoms with Crippen molar-refractivity contribution in [2.75, 3.05) is 18.4 Å². The lowest BCUT2D eigenvalue weighted by Crippen LogP contribution is -2.26. The van der Waals surface area contributed by atoms with Crippen LogP contribution < -0.4 is 10.6 Å². The van der Waals surface area contributed by atoms with Gasteiger partial charge in [-0.1, -0.05) is 15.9 Å². The van der Waals surface area contributed by atoms with E-state index < -0.39 is 0 Å². The van der Waals surface area contributed by atoms with Crippen LogP contribution in [0.3, 0.4) is 0 Å². The molecule has 1 aromatic heterocycles. The zero-order chi connectivity index (χ0) is 16.4. The minimum atomic E-state index is -0.0932. The average molecular weight is 394 g/mol. The Morgan fingerprint density at radius 3 is 2.78 bits per heavy atom. The van der Waals surface area contributed by atoms with Gasteiger partial charge in [-0.2, -0.15) is 0 Å². The van der Waals surface area contributed by atoms with E-state index in [2.05, 4.69) is 31.5 Å². The molecule has 0 spiro atoms. The fourth-order valence-electron chi connectivity index (χ4n) is 2.83. The molecule has 4 nitrogen and oxygen atoms in total. The lowest BCUT2D eigenvalue weighted by Gasteiger charge is -2.20. The number of aryl methyl sites for hydroxylation is 2. The van der Waals surface area contributed by atoms with Crippen LogP contribution >= 0.6 is 27.3 Å². The number of hydrogen-bond acceptors (Lipinski definition) is 4. The average Bonchev–Trinajstić information content (AvgIpc) is 3.00. The number of nitrogens with one attached hydrogen (secondary N) is 2. The quantitative estimate of drug-likeness (QED) is 0.819. The molecule has 1 saturated heterocycles. The number of rotatable bonds is 3. The number of nitrogens with zero attached hydrogens (tertiary/aromatic N) is 1. The highest BCUT2D eigenvalue weighted by Crippen LogP contribution is 2.32. The van der Waals surface area contributed by atoms with Gasteiger partial charge in [-0.3, -0.25) is 10.1 Å². The summed E-state index contributed by atoms with van der Waals surface area (Å²) in [6.45, 7) is 6.05. The van der Waals surface area contributed by atoms with Gasteiger partial charge in [0.05, 0.1) is 0 Å². The Hall–Kier alpha value is -1.24. The summed E-state index contributed by atoms with van der Waals surface area (Å²) in [4.78, 5) is 18.2. The SMILES string of the molecule is Cc1cc(C(=O)Nc2ncc(C3CCNCC3)s2)c(C)cc1Br. The Morgan fingerprint density at radius 2 is 2.04 bits per heavy atom. The number of carbonyl (C=O) groups is 1. The number of thiazole rings is 1. The first-order chi connectivity index (χ1) is 11.0. The van der Waals surface area contributed by atoms with Crippen LogP contribution in [-0.4, -0.2) is 24.0 Å². The minimum Gasteiger partial charge on any atom is -0.317 e. The maximum absolute atomic E-state index is 12.5. The summed E-state index contributed by atoms with van der Waals surface area (Å²) in [5, 5.41) is 7.00. The molecular weight excluding hydrogens is 374 g/mol. The summed E-state index contributed by atoms with van der Waals surface area (Å²) >= 11 is 5.09. The van der Waals surface area contributed by atoms with Crippen LogP contribution in [0.4, 0.5) is 5.13 Å². The van der Waals surface area contributed by atoms with Gasteiger partial charge < -0.3 is 5.32 Å². The predicted molar refractivity (Wildman–Crippen MR) is 98.5 cm³/mol. The topological polar surface area (TPSA) is 54.0 Å². The summed E-state index contributed by atoms with van der Waals surface area (Å²) in [5.74, 6) is 0.473. The molecule has 0 saturated carbocycles. The third-order valence-electron chi connectivity index (χ3n) is 4.24. The van der Waals surface area contributed by atoms with E-state index in [1.807, 2.05) is 32.2 Å². The minimum absolute atomic E-state index is 0.0932. The molecule has 2 N–H and O–H groups in total. The van der Waals surface area contributed by atoms with Gasteiger partial charge in [-0.15, -0.1) is 11.3 Å². The number of aromatic nitrogens is 1. The van der Waals surface area contributed by atoms with Crippen LogP contribution in [0.15, 0.2) is 22.8 Å². The van der Waals surface area contributed by atoms with E-state index in [-0.39, 0.29) is 5.91 Å². The summed E-state index contributed by atoms with van der Waals surface area (Å²) in [6.07, 6.45) is 4.19. The van der Waals surface area contributed by atoms with Crippen molar-refractivity contribution < 1.29 is 4.79 Å². The van der Waals surface area contributed by atoms with Crippen molar-refractivity contribution in [2.45, 2.75) is 32.6 Å². The van der Waals surface area contributed by atoms with E-state index >= 15 is 0 Å². The van der Waals surface area contributed by atoms with Crippen LogP contribution in [0.2, 0.25) is 0 Å². The summed E-state index contributed by atoms with van der Waals surface area (Å²) < 4.78 is 1.02. The summed E-state index contributed by atoms with van der Waals surface area (Å²) in [6, 6.07) is 3.89. The maximum Gasteiger partial charge on any atom is 0.257 e. The molecule has 1 fully saturated rings. The van der Waals surface area contributed by atoms with Crippen molar-refractivity contribution in [1.82, 2.24) is 10.3 Å². The van der Waals surface area contributed by atoms with Crippen molar-refractivity contribution in [3.8, 4) is 0 Å². The lowest BCUT2D eigenvalue weighted by molar-refractivity contribution is 0.102. The van der Waals surface area contributed by atoms with Crippen molar-refractivity contribution in [2.24, 2.45) is 0 Å². The Labute approximate surface area is 148 Å². The molecule has 0 radical (unpaired) electrons. The van der Waals surface area contributed by atoms with Gasteiger partial charge in [-0.05, 0) is 69.0 Å². The molecule has 0 bridgehead atoms. The largest absolute Gasteiger partial charge is 0.317 e. The molecule has 2 heterocycles. The molecule has 0 unspecified atom stereocenters. The normalized spacial score (nSPS) is 15.6. The van der Waals surface area contributed by atoms with Crippen molar-refractivity contribution in [3.05, 3.63) is 44.4 Å². The highest BCUT2D eigenvalue weighted by atomic mass is 79.9. The van der Waals surface area contributed by atoms with Gasteiger partial charge in [0, 0.05) is 21.1 Å². The van der Waals surface area contributed by atoms with Gasteiger partial charge >= 0.3 is 0 Å². The fourth-order valence-corrected chi connectivity index (χ4v) is 4.27. The molecule has 1 aliphatic heterocycles. The smallest absolute Gasteiger partial charge is 0.257 e. The zero-order valence-electron chi connectivity index (χ0n) is 13.3. The Bertz CT molecular complexity index is 723. The number of benzene rings is 1. The van der Waals surface area contributed by atoms with Gasteiger partial charge in [0.15, 0.2) is 5.13 Å². The number of halogens is 1. The van der Waals surface area contributed by atoms with E-state index in [1.54, 1.807) is 11.3 Å². The summed E-state index contributed by atoms with van der Waals surface area (Å²) in [5.41, 5.74) is 2.70.